The number of aliphatic hydroxyl groups excluding tert-OH is 1. The summed E-state index contributed by atoms with van der Waals surface area (Å²) in [5, 5.41) is 17.0. The average Bonchev–Trinajstić information content (AvgIpc) is 2.95. The SMILES string of the molecule is Cc1cc(C=Cc2ccccc2OCC(O)CNC(C)C)no1. The minimum absolute atomic E-state index is 0.244. The summed E-state index contributed by atoms with van der Waals surface area (Å²) in [6.07, 6.45) is 3.24. The van der Waals surface area contributed by atoms with Crippen molar-refractivity contribution in [2.45, 2.75) is 32.9 Å². The average molecular weight is 316 g/mol. The van der Waals surface area contributed by atoms with Crippen LogP contribution in [-0.2, 0) is 0 Å². The van der Waals surface area contributed by atoms with Gasteiger partial charge in [0, 0.05) is 24.2 Å². The first kappa shape index (κ1) is 17.2. The lowest BCUT2D eigenvalue weighted by atomic mass is 10.1. The Balaban J connectivity index is 1.96. The van der Waals surface area contributed by atoms with Crippen molar-refractivity contribution in [3.63, 3.8) is 0 Å². The number of nitrogens with zero attached hydrogens (tertiary/aromatic N) is 1. The first-order valence-corrected chi connectivity index (χ1v) is 7.79. The number of hydrogen-bond donors (Lipinski definition) is 2. The second kappa shape index (κ2) is 8.50. The molecule has 2 N–H and O–H groups in total. The maximum atomic E-state index is 9.93. The Labute approximate surface area is 137 Å². The smallest absolute Gasteiger partial charge is 0.134 e. The molecule has 1 heterocycles. The molecule has 0 aliphatic rings. The predicted molar refractivity (Wildman–Crippen MR) is 91.3 cm³/mol. The molecule has 0 amide bonds. The predicted octanol–water partition coefficient (Wildman–Crippen LogP) is 2.89. The molecule has 2 aromatic rings. The third-order valence-corrected chi connectivity index (χ3v) is 3.19. The highest BCUT2D eigenvalue weighted by molar-refractivity contribution is 5.71. The third kappa shape index (κ3) is 5.88. The lowest BCUT2D eigenvalue weighted by Crippen LogP contribution is -2.35. The van der Waals surface area contributed by atoms with Crippen LogP contribution in [0.1, 0.15) is 30.9 Å². The highest BCUT2D eigenvalue weighted by Gasteiger charge is 2.07. The Bertz CT molecular complexity index is 635. The number of hydrogen-bond acceptors (Lipinski definition) is 5. The summed E-state index contributed by atoms with van der Waals surface area (Å²) >= 11 is 0. The van der Waals surface area contributed by atoms with Gasteiger partial charge in [0.1, 0.15) is 29.9 Å². The lowest BCUT2D eigenvalue weighted by molar-refractivity contribution is 0.104. The molecule has 0 spiro atoms. The highest BCUT2D eigenvalue weighted by atomic mass is 16.5. The number of aryl methyl sites for hydroxylation is 1. The van der Waals surface area contributed by atoms with Crippen LogP contribution in [0.3, 0.4) is 0 Å². The zero-order valence-corrected chi connectivity index (χ0v) is 13.8. The fourth-order valence-electron chi connectivity index (χ4n) is 2.01. The van der Waals surface area contributed by atoms with Crippen molar-refractivity contribution in [2.24, 2.45) is 0 Å². The minimum atomic E-state index is -0.548. The van der Waals surface area contributed by atoms with Crippen molar-refractivity contribution >= 4 is 12.2 Å². The van der Waals surface area contributed by atoms with E-state index in [-0.39, 0.29) is 6.61 Å². The van der Waals surface area contributed by atoms with Gasteiger partial charge in [-0.25, -0.2) is 0 Å². The first-order valence-electron chi connectivity index (χ1n) is 7.79. The van der Waals surface area contributed by atoms with E-state index in [2.05, 4.69) is 10.5 Å². The van der Waals surface area contributed by atoms with Crippen LogP contribution in [0.5, 0.6) is 5.75 Å². The summed E-state index contributed by atoms with van der Waals surface area (Å²) in [6, 6.07) is 9.89. The van der Waals surface area contributed by atoms with Gasteiger partial charge in [0.2, 0.25) is 0 Å². The number of ether oxygens (including phenoxy) is 1. The number of para-hydroxylation sites is 1. The summed E-state index contributed by atoms with van der Waals surface area (Å²) in [4.78, 5) is 0. The molecule has 23 heavy (non-hydrogen) atoms. The Hall–Kier alpha value is -2.11. The topological polar surface area (TPSA) is 67.5 Å². The van der Waals surface area contributed by atoms with Gasteiger partial charge in [-0.15, -0.1) is 0 Å². The first-order chi connectivity index (χ1) is 11.0. The molecule has 0 radical (unpaired) electrons. The normalized spacial score (nSPS) is 12.9. The summed E-state index contributed by atoms with van der Waals surface area (Å²) in [7, 11) is 0. The molecule has 5 heteroatoms. The molecular weight excluding hydrogens is 292 g/mol. The van der Waals surface area contributed by atoms with Gasteiger partial charge < -0.3 is 19.7 Å². The third-order valence-electron chi connectivity index (χ3n) is 3.19. The van der Waals surface area contributed by atoms with Gasteiger partial charge in [-0.3, -0.25) is 0 Å². The van der Waals surface area contributed by atoms with Gasteiger partial charge in [0.25, 0.3) is 0 Å². The van der Waals surface area contributed by atoms with Crippen molar-refractivity contribution in [2.75, 3.05) is 13.2 Å². The summed E-state index contributed by atoms with van der Waals surface area (Å²) in [5.41, 5.74) is 1.69. The zero-order chi connectivity index (χ0) is 16.7. The van der Waals surface area contributed by atoms with Crippen LogP contribution >= 0.6 is 0 Å². The van der Waals surface area contributed by atoms with Crippen LogP contribution in [0.25, 0.3) is 12.2 Å². The minimum Gasteiger partial charge on any atom is -0.490 e. The van der Waals surface area contributed by atoms with E-state index in [0.717, 1.165) is 22.8 Å². The molecule has 0 aliphatic carbocycles. The quantitative estimate of drug-likeness (QED) is 0.784. The number of nitrogens with one attached hydrogen (secondary N) is 1. The fraction of sp³-hybridized carbons (Fsp3) is 0.389. The molecule has 5 nitrogen and oxygen atoms in total. The lowest BCUT2D eigenvalue weighted by Gasteiger charge is -2.16. The van der Waals surface area contributed by atoms with Crippen molar-refractivity contribution in [1.82, 2.24) is 10.5 Å². The molecule has 1 aromatic carbocycles. The van der Waals surface area contributed by atoms with Gasteiger partial charge in [0.15, 0.2) is 0 Å². The molecule has 0 bridgehead atoms. The monoisotopic (exact) mass is 316 g/mol. The van der Waals surface area contributed by atoms with Gasteiger partial charge in [-0.2, -0.15) is 0 Å². The molecule has 0 saturated carbocycles. The molecule has 1 unspecified atom stereocenters. The van der Waals surface area contributed by atoms with Crippen LogP contribution < -0.4 is 10.1 Å². The Morgan fingerprint density at radius 1 is 1.30 bits per heavy atom. The van der Waals surface area contributed by atoms with E-state index in [1.54, 1.807) is 0 Å². The number of aliphatic hydroxyl groups is 1. The summed E-state index contributed by atoms with van der Waals surface area (Å²) in [5.74, 6) is 1.50. The van der Waals surface area contributed by atoms with Crippen molar-refractivity contribution < 1.29 is 14.4 Å². The zero-order valence-electron chi connectivity index (χ0n) is 13.8. The van der Waals surface area contributed by atoms with Crippen molar-refractivity contribution in [1.29, 1.82) is 0 Å². The molecule has 0 aliphatic heterocycles. The van der Waals surface area contributed by atoms with E-state index in [1.165, 1.54) is 0 Å². The van der Waals surface area contributed by atoms with Crippen LogP contribution in [0.15, 0.2) is 34.9 Å². The van der Waals surface area contributed by atoms with Crippen LogP contribution in [0.4, 0.5) is 0 Å². The number of rotatable bonds is 8. The van der Waals surface area contributed by atoms with Crippen LogP contribution in [0.2, 0.25) is 0 Å². The second-order valence-corrected chi connectivity index (χ2v) is 5.76. The molecule has 0 fully saturated rings. The molecule has 1 aromatic heterocycles. The fourth-order valence-corrected chi connectivity index (χ4v) is 2.01. The Morgan fingerprint density at radius 2 is 2.09 bits per heavy atom. The van der Waals surface area contributed by atoms with E-state index in [9.17, 15) is 5.11 Å². The molecule has 124 valence electrons. The van der Waals surface area contributed by atoms with Gasteiger partial charge in [0.05, 0.1) is 0 Å². The van der Waals surface area contributed by atoms with Crippen LogP contribution in [-0.4, -0.2) is 35.6 Å². The van der Waals surface area contributed by atoms with Gasteiger partial charge in [-0.1, -0.05) is 37.2 Å². The molecule has 1 atom stereocenters. The summed E-state index contributed by atoms with van der Waals surface area (Å²) < 4.78 is 10.8. The maximum absolute atomic E-state index is 9.93. The molecule has 0 saturated heterocycles. The number of benzene rings is 1. The van der Waals surface area contributed by atoms with Gasteiger partial charge >= 0.3 is 0 Å². The van der Waals surface area contributed by atoms with Gasteiger partial charge in [-0.05, 0) is 25.1 Å². The van der Waals surface area contributed by atoms with E-state index < -0.39 is 6.10 Å². The second-order valence-electron chi connectivity index (χ2n) is 5.76. The van der Waals surface area contributed by atoms with E-state index in [0.29, 0.717) is 12.6 Å². The maximum Gasteiger partial charge on any atom is 0.134 e. The van der Waals surface area contributed by atoms with E-state index in [1.807, 2.05) is 63.3 Å². The van der Waals surface area contributed by atoms with E-state index in [4.69, 9.17) is 9.26 Å². The largest absolute Gasteiger partial charge is 0.490 e. The Kier molecular flexibility index (Phi) is 6.38. The van der Waals surface area contributed by atoms with E-state index >= 15 is 0 Å². The van der Waals surface area contributed by atoms with Crippen LogP contribution in [0, 0.1) is 6.92 Å². The highest BCUT2D eigenvalue weighted by Crippen LogP contribution is 2.21. The number of aromatic nitrogens is 1. The summed E-state index contributed by atoms with van der Waals surface area (Å²) in [6.45, 7) is 6.69. The Morgan fingerprint density at radius 3 is 2.78 bits per heavy atom. The molecular formula is C18H24N2O3. The van der Waals surface area contributed by atoms with Crippen molar-refractivity contribution in [3.05, 3.63) is 47.3 Å². The van der Waals surface area contributed by atoms with Crippen molar-refractivity contribution in [3.8, 4) is 5.75 Å². The standard InChI is InChI=1S/C18H24N2O3/c1-13(2)19-11-17(21)12-22-18-7-5-4-6-15(18)8-9-16-10-14(3)23-20-16/h4-10,13,17,19,21H,11-12H2,1-3H3. The molecule has 2 rings (SSSR count).